The van der Waals surface area contributed by atoms with Gasteiger partial charge < -0.3 is 15.4 Å². The third kappa shape index (κ3) is 4.30. The van der Waals surface area contributed by atoms with Gasteiger partial charge in [0.05, 0.1) is 12.6 Å². The van der Waals surface area contributed by atoms with Gasteiger partial charge in [0.1, 0.15) is 6.04 Å². The van der Waals surface area contributed by atoms with Crippen LogP contribution < -0.4 is 5.73 Å². The van der Waals surface area contributed by atoms with Crippen molar-refractivity contribution in [1.29, 1.82) is 0 Å². The fourth-order valence-corrected chi connectivity index (χ4v) is 3.57. The Balaban J connectivity index is 1.73. The number of carbonyl (C=O) groups excluding carboxylic acids is 1. The number of ether oxygens (including phenoxy) is 1. The van der Waals surface area contributed by atoms with Crippen LogP contribution in [-0.2, 0) is 9.53 Å². The molecule has 0 bridgehead atoms. The number of nitrogens with two attached hydrogens (primary N) is 1. The first-order chi connectivity index (χ1) is 12.7. The molecule has 5 nitrogen and oxygen atoms in total. The van der Waals surface area contributed by atoms with Crippen molar-refractivity contribution < 1.29 is 9.53 Å². The highest BCUT2D eigenvalue weighted by Gasteiger charge is 2.29. The van der Waals surface area contributed by atoms with Gasteiger partial charge in [-0.2, -0.15) is 0 Å². The molecule has 2 N–H and O–H groups in total. The van der Waals surface area contributed by atoms with Crippen LogP contribution >= 0.6 is 0 Å². The van der Waals surface area contributed by atoms with E-state index in [0.717, 1.165) is 13.1 Å². The highest BCUT2D eigenvalue weighted by Crippen LogP contribution is 2.29. The second-order valence-corrected chi connectivity index (χ2v) is 6.65. The SMILES string of the molecule is COCC(N)C(=O)N1CCN(C(c2ccccc2)c2ccccc2)CC1. The molecule has 3 rings (SSSR count). The zero-order valence-corrected chi connectivity index (χ0v) is 15.3. The standard InChI is InChI=1S/C21H27N3O2/c1-26-16-19(22)21(25)24-14-12-23(13-15-24)20(17-8-4-2-5-9-17)18-10-6-3-7-11-18/h2-11,19-20H,12-16,22H2,1H3. The van der Waals surface area contributed by atoms with E-state index in [0.29, 0.717) is 13.1 Å². The number of nitrogens with zero attached hydrogens (tertiary/aromatic N) is 2. The Hall–Kier alpha value is -2.21. The molecule has 1 aliphatic heterocycles. The number of carbonyl (C=O) groups is 1. The zero-order chi connectivity index (χ0) is 18.4. The number of piperazine rings is 1. The molecule has 0 radical (unpaired) electrons. The number of amides is 1. The number of methoxy groups -OCH3 is 1. The predicted octanol–water partition coefficient (Wildman–Crippen LogP) is 1.89. The van der Waals surface area contributed by atoms with Gasteiger partial charge >= 0.3 is 0 Å². The third-order valence-electron chi connectivity index (χ3n) is 4.89. The summed E-state index contributed by atoms with van der Waals surface area (Å²) in [5.41, 5.74) is 8.45. The summed E-state index contributed by atoms with van der Waals surface area (Å²) >= 11 is 0. The van der Waals surface area contributed by atoms with Gasteiger partial charge in [0, 0.05) is 33.3 Å². The Kier molecular flexibility index (Phi) is 6.39. The fraction of sp³-hybridized carbons (Fsp3) is 0.381. The Bertz CT molecular complexity index is 645. The minimum absolute atomic E-state index is 0.0255. The number of rotatable bonds is 6. The molecular weight excluding hydrogens is 326 g/mol. The summed E-state index contributed by atoms with van der Waals surface area (Å²) in [6.45, 7) is 3.27. The molecule has 26 heavy (non-hydrogen) atoms. The van der Waals surface area contributed by atoms with Gasteiger partial charge in [-0.3, -0.25) is 9.69 Å². The molecule has 2 aromatic carbocycles. The maximum atomic E-state index is 12.4. The van der Waals surface area contributed by atoms with Crippen molar-refractivity contribution in [2.75, 3.05) is 39.9 Å². The van der Waals surface area contributed by atoms with Crippen molar-refractivity contribution >= 4 is 5.91 Å². The molecule has 1 amide bonds. The van der Waals surface area contributed by atoms with Crippen LogP contribution in [0.25, 0.3) is 0 Å². The first-order valence-electron chi connectivity index (χ1n) is 9.08. The molecule has 0 aromatic heterocycles. The van der Waals surface area contributed by atoms with Gasteiger partial charge in [-0.25, -0.2) is 0 Å². The molecule has 5 heteroatoms. The summed E-state index contributed by atoms with van der Waals surface area (Å²) in [6.07, 6.45) is 0. The third-order valence-corrected chi connectivity index (χ3v) is 4.89. The van der Waals surface area contributed by atoms with E-state index in [1.54, 1.807) is 7.11 Å². The maximum absolute atomic E-state index is 12.4. The zero-order valence-electron chi connectivity index (χ0n) is 15.3. The van der Waals surface area contributed by atoms with Crippen LogP contribution in [0.2, 0.25) is 0 Å². The summed E-state index contributed by atoms with van der Waals surface area (Å²) in [5, 5.41) is 0. The second kappa shape index (κ2) is 8.94. The van der Waals surface area contributed by atoms with E-state index >= 15 is 0 Å². The Morgan fingerprint density at radius 3 is 1.92 bits per heavy atom. The lowest BCUT2D eigenvalue weighted by Crippen LogP contribution is -2.54. The van der Waals surface area contributed by atoms with Crippen LogP contribution in [0.15, 0.2) is 60.7 Å². The molecule has 1 aliphatic rings. The maximum Gasteiger partial charge on any atom is 0.241 e. The first kappa shape index (κ1) is 18.6. The smallest absolute Gasteiger partial charge is 0.241 e. The van der Waals surface area contributed by atoms with Crippen molar-refractivity contribution in [3.05, 3.63) is 71.8 Å². The van der Waals surface area contributed by atoms with E-state index < -0.39 is 6.04 Å². The summed E-state index contributed by atoms with van der Waals surface area (Å²) in [7, 11) is 1.56. The van der Waals surface area contributed by atoms with Crippen molar-refractivity contribution in [2.45, 2.75) is 12.1 Å². The van der Waals surface area contributed by atoms with Gasteiger partial charge in [0.2, 0.25) is 5.91 Å². The summed E-state index contributed by atoms with van der Waals surface area (Å²) < 4.78 is 5.01. The lowest BCUT2D eigenvalue weighted by molar-refractivity contribution is -0.135. The molecule has 1 saturated heterocycles. The van der Waals surface area contributed by atoms with E-state index in [9.17, 15) is 4.79 Å². The van der Waals surface area contributed by atoms with Gasteiger partial charge in [-0.15, -0.1) is 0 Å². The molecule has 1 heterocycles. The van der Waals surface area contributed by atoms with E-state index in [4.69, 9.17) is 10.5 Å². The van der Waals surface area contributed by atoms with Crippen molar-refractivity contribution in [1.82, 2.24) is 9.80 Å². The summed E-state index contributed by atoms with van der Waals surface area (Å²) in [6, 6.07) is 20.7. The summed E-state index contributed by atoms with van der Waals surface area (Å²) in [5.74, 6) is -0.0255. The quantitative estimate of drug-likeness (QED) is 0.862. The monoisotopic (exact) mass is 353 g/mol. The van der Waals surface area contributed by atoms with Crippen LogP contribution in [-0.4, -0.2) is 61.6 Å². The minimum Gasteiger partial charge on any atom is -0.383 e. The van der Waals surface area contributed by atoms with Crippen LogP contribution in [0, 0.1) is 0 Å². The highest BCUT2D eigenvalue weighted by atomic mass is 16.5. The van der Waals surface area contributed by atoms with Gasteiger partial charge in [-0.1, -0.05) is 60.7 Å². The number of benzene rings is 2. The topological polar surface area (TPSA) is 58.8 Å². The van der Waals surface area contributed by atoms with Crippen LogP contribution in [0.4, 0.5) is 0 Å². The van der Waals surface area contributed by atoms with Crippen molar-refractivity contribution in [2.24, 2.45) is 5.73 Å². The Morgan fingerprint density at radius 1 is 0.962 bits per heavy atom. The van der Waals surface area contributed by atoms with Crippen LogP contribution in [0.5, 0.6) is 0 Å². The van der Waals surface area contributed by atoms with Gasteiger partial charge in [0.25, 0.3) is 0 Å². The van der Waals surface area contributed by atoms with Crippen molar-refractivity contribution in [3.8, 4) is 0 Å². The minimum atomic E-state index is -0.578. The molecule has 1 unspecified atom stereocenters. The first-order valence-corrected chi connectivity index (χ1v) is 9.08. The molecule has 0 spiro atoms. The van der Waals surface area contributed by atoms with Gasteiger partial charge in [0.15, 0.2) is 0 Å². The lowest BCUT2D eigenvalue weighted by atomic mass is 9.96. The number of hydrogen-bond acceptors (Lipinski definition) is 4. The number of hydrogen-bond donors (Lipinski definition) is 1. The molecule has 0 aliphatic carbocycles. The largest absolute Gasteiger partial charge is 0.383 e. The Labute approximate surface area is 155 Å². The second-order valence-electron chi connectivity index (χ2n) is 6.65. The molecule has 1 atom stereocenters. The van der Waals surface area contributed by atoms with Gasteiger partial charge in [-0.05, 0) is 11.1 Å². The fourth-order valence-electron chi connectivity index (χ4n) is 3.57. The normalized spacial score (nSPS) is 16.7. The van der Waals surface area contributed by atoms with Crippen LogP contribution in [0.1, 0.15) is 17.2 Å². The molecular formula is C21H27N3O2. The molecule has 138 valence electrons. The van der Waals surface area contributed by atoms with Crippen LogP contribution in [0.3, 0.4) is 0 Å². The summed E-state index contributed by atoms with van der Waals surface area (Å²) in [4.78, 5) is 16.7. The Morgan fingerprint density at radius 2 is 1.46 bits per heavy atom. The van der Waals surface area contributed by atoms with E-state index in [1.165, 1.54) is 11.1 Å². The lowest BCUT2D eigenvalue weighted by Gasteiger charge is -2.40. The van der Waals surface area contributed by atoms with E-state index in [2.05, 4.69) is 53.4 Å². The van der Waals surface area contributed by atoms with Crippen molar-refractivity contribution in [3.63, 3.8) is 0 Å². The molecule has 2 aromatic rings. The average molecular weight is 353 g/mol. The molecule has 0 saturated carbocycles. The van der Waals surface area contributed by atoms with E-state index in [-0.39, 0.29) is 18.6 Å². The highest BCUT2D eigenvalue weighted by molar-refractivity contribution is 5.81. The predicted molar refractivity (Wildman–Crippen MR) is 103 cm³/mol. The van der Waals surface area contributed by atoms with E-state index in [1.807, 2.05) is 17.0 Å². The average Bonchev–Trinajstić information content (AvgIpc) is 2.70. The molecule has 1 fully saturated rings.